The summed E-state index contributed by atoms with van der Waals surface area (Å²) in [6, 6.07) is 19.3. The molecule has 4 aromatic rings. The zero-order valence-corrected chi connectivity index (χ0v) is 19.3. The highest BCUT2D eigenvalue weighted by Crippen LogP contribution is 2.41. The summed E-state index contributed by atoms with van der Waals surface area (Å²) in [5, 5.41) is 0.773. The summed E-state index contributed by atoms with van der Waals surface area (Å²) in [5.74, 6) is 0.367. The summed E-state index contributed by atoms with van der Waals surface area (Å²) in [6.07, 6.45) is 2.55. The van der Waals surface area contributed by atoms with E-state index in [1.165, 1.54) is 0 Å². The highest BCUT2D eigenvalue weighted by molar-refractivity contribution is 6.31. The summed E-state index contributed by atoms with van der Waals surface area (Å²) in [4.78, 5) is 28.9. The van der Waals surface area contributed by atoms with Crippen LogP contribution in [0.5, 0.6) is 5.75 Å². The van der Waals surface area contributed by atoms with Crippen LogP contribution < -0.4 is 15.1 Å². The second kappa shape index (κ2) is 8.84. The molecule has 0 aliphatic carbocycles. The predicted molar refractivity (Wildman–Crippen MR) is 134 cm³/mol. The van der Waals surface area contributed by atoms with Gasteiger partial charge in [0.1, 0.15) is 17.9 Å². The fourth-order valence-electron chi connectivity index (χ4n) is 4.32. The Morgan fingerprint density at radius 3 is 2.47 bits per heavy atom. The molecular formula is C28H22ClNO4. The molecule has 0 saturated carbocycles. The number of rotatable bonds is 6. The number of nitrogens with zero attached hydrogens (tertiary/aromatic N) is 1. The van der Waals surface area contributed by atoms with E-state index >= 15 is 0 Å². The molecular weight excluding hydrogens is 450 g/mol. The van der Waals surface area contributed by atoms with E-state index in [2.05, 4.69) is 13.5 Å². The van der Waals surface area contributed by atoms with Crippen LogP contribution in [-0.2, 0) is 6.42 Å². The average molecular weight is 472 g/mol. The second-order valence-corrected chi connectivity index (χ2v) is 8.52. The lowest BCUT2D eigenvalue weighted by Gasteiger charge is -2.25. The molecule has 0 saturated heterocycles. The first kappa shape index (κ1) is 22.0. The van der Waals surface area contributed by atoms with Crippen molar-refractivity contribution >= 4 is 34.2 Å². The lowest BCUT2D eigenvalue weighted by molar-refractivity contribution is 0.0971. The summed E-state index contributed by atoms with van der Waals surface area (Å²) in [6.45, 7) is 6.12. The third-order valence-corrected chi connectivity index (χ3v) is 6.25. The number of hydrogen-bond donors (Lipinski definition) is 0. The SMILES string of the molecule is C=CCOc1ccc(C2c3c(oc4ccc(Cl)cc4c3=O)C(=O)N2c2ccc(CC)cc2)cc1. The van der Waals surface area contributed by atoms with Gasteiger partial charge in [-0.3, -0.25) is 14.5 Å². The van der Waals surface area contributed by atoms with Crippen molar-refractivity contribution in [1.29, 1.82) is 0 Å². The van der Waals surface area contributed by atoms with E-state index in [1.807, 2.05) is 48.5 Å². The molecule has 1 unspecified atom stereocenters. The van der Waals surface area contributed by atoms with Crippen molar-refractivity contribution in [2.24, 2.45) is 0 Å². The molecule has 170 valence electrons. The number of fused-ring (bicyclic) bond motifs is 2. The first-order valence-corrected chi connectivity index (χ1v) is 11.4. The van der Waals surface area contributed by atoms with Gasteiger partial charge in [-0.05, 0) is 60.0 Å². The molecule has 3 aromatic carbocycles. The highest BCUT2D eigenvalue weighted by Gasteiger charge is 2.43. The molecule has 1 atom stereocenters. The molecule has 2 heterocycles. The molecule has 6 heteroatoms. The zero-order chi connectivity index (χ0) is 23.8. The normalized spacial score (nSPS) is 14.9. The Morgan fingerprint density at radius 2 is 1.79 bits per heavy atom. The Kier molecular flexibility index (Phi) is 5.72. The topological polar surface area (TPSA) is 59.8 Å². The minimum atomic E-state index is -0.650. The van der Waals surface area contributed by atoms with Gasteiger partial charge < -0.3 is 9.15 Å². The van der Waals surface area contributed by atoms with Crippen molar-refractivity contribution in [3.63, 3.8) is 0 Å². The van der Waals surface area contributed by atoms with E-state index in [4.69, 9.17) is 20.8 Å². The largest absolute Gasteiger partial charge is 0.490 e. The molecule has 1 aromatic heterocycles. The summed E-state index contributed by atoms with van der Waals surface area (Å²) in [7, 11) is 0. The van der Waals surface area contributed by atoms with Gasteiger partial charge in [0.15, 0.2) is 5.43 Å². The van der Waals surface area contributed by atoms with Gasteiger partial charge in [-0.25, -0.2) is 0 Å². The van der Waals surface area contributed by atoms with Gasteiger partial charge in [-0.1, -0.05) is 55.4 Å². The number of anilines is 1. The number of carbonyl (C=O) groups is 1. The fraction of sp³-hybridized carbons (Fsp3) is 0.143. The van der Waals surface area contributed by atoms with Crippen molar-refractivity contribution in [3.05, 3.63) is 117 Å². The van der Waals surface area contributed by atoms with Crippen molar-refractivity contribution in [3.8, 4) is 5.75 Å². The highest BCUT2D eigenvalue weighted by atomic mass is 35.5. The molecule has 5 rings (SSSR count). The molecule has 1 amide bonds. The molecule has 0 N–H and O–H groups in total. The maximum Gasteiger partial charge on any atom is 0.295 e. The maximum absolute atomic E-state index is 13.7. The number of ether oxygens (including phenoxy) is 1. The number of aryl methyl sites for hydroxylation is 1. The molecule has 0 fully saturated rings. The van der Waals surface area contributed by atoms with Crippen LogP contribution in [0.1, 0.15) is 40.2 Å². The molecule has 0 spiro atoms. The molecule has 1 aliphatic rings. The van der Waals surface area contributed by atoms with E-state index in [-0.39, 0.29) is 17.1 Å². The predicted octanol–water partition coefficient (Wildman–Crippen LogP) is 6.32. The Morgan fingerprint density at radius 1 is 1.06 bits per heavy atom. The number of amides is 1. The minimum Gasteiger partial charge on any atom is -0.490 e. The summed E-state index contributed by atoms with van der Waals surface area (Å²) in [5.41, 5.74) is 2.98. The van der Waals surface area contributed by atoms with Gasteiger partial charge in [0.05, 0.1) is 17.0 Å². The van der Waals surface area contributed by atoms with Gasteiger partial charge >= 0.3 is 0 Å². The summed E-state index contributed by atoms with van der Waals surface area (Å²) >= 11 is 6.16. The zero-order valence-electron chi connectivity index (χ0n) is 18.6. The monoisotopic (exact) mass is 471 g/mol. The third kappa shape index (κ3) is 3.68. The fourth-order valence-corrected chi connectivity index (χ4v) is 4.49. The van der Waals surface area contributed by atoms with Crippen LogP contribution in [0.25, 0.3) is 11.0 Å². The van der Waals surface area contributed by atoms with Gasteiger partial charge in [-0.2, -0.15) is 0 Å². The van der Waals surface area contributed by atoms with Gasteiger partial charge in [0, 0.05) is 10.7 Å². The van der Waals surface area contributed by atoms with Crippen molar-refractivity contribution in [2.45, 2.75) is 19.4 Å². The Labute approximate surface area is 201 Å². The second-order valence-electron chi connectivity index (χ2n) is 8.08. The van der Waals surface area contributed by atoms with Crippen LogP contribution in [0.2, 0.25) is 5.02 Å². The summed E-state index contributed by atoms with van der Waals surface area (Å²) < 4.78 is 11.6. The van der Waals surface area contributed by atoms with E-state index in [1.54, 1.807) is 29.2 Å². The molecule has 0 bridgehead atoms. The molecule has 5 nitrogen and oxygen atoms in total. The van der Waals surface area contributed by atoms with Crippen LogP contribution >= 0.6 is 11.6 Å². The van der Waals surface area contributed by atoms with E-state index in [0.29, 0.717) is 39.6 Å². The van der Waals surface area contributed by atoms with Gasteiger partial charge in [-0.15, -0.1) is 0 Å². The Balaban J connectivity index is 1.71. The van der Waals surface area contributed by atoms with E-state index in [0.717, 1.165) is 17.5 Å². The van der Waals surface area contributed by atoms with Gasteiger partial charge in [0.25, 0.3) is 5.91 Å². The van der Waals surface area contributed by atoms with E-state index < -0.39 is 6.04 Å². The minimum absolute atomic E-state index is 0.0522. The van der Waals surface area contributed by atoms with Crippen molar-refractivity contribution < 1.29 is 13.9 Å². The lowest BCUT2D eigenvalue weighted by Crippen LogP contribution is -2.29. The van der Waals surface area contributed by atoms with Crippen LogP contribution in [-0.4, -0.2) is 12.5 Å². The number of halogens is 1. The number of hydrogen-bond acceptors (Lipinski definition) is 4. The maximum atomic E-state index is 13.7. The third-order valence-electron chi connectivity index (χ3n) is 6.02. The standard InChI is InChI=1S/C28H22ClNO4/c1-3-15-33-21-12-7-18(8-13-21)25-24-26(31)22-16-19(29)9-14-23(22)34-27(24)28(32)30(25)20-10-5-17(4-2)6-11-20/h3,5-14,16,25H,1,4,15H2,2H3. The van der Waals surface area contributed by atoms with Crippen LogP contribution in [0, 0.1) is 0 Å². The molecule has 34 heavy (non-hydrogen) atoms. The number of benzene rings is 3. The first-order chi connectivity index (χ1) is 16.5. The Hall–Kier alpha value is -3.83. The van der Waals surface area contributed by atoms with Crippen molar-refractivity contribution in [2.75, 3.05) is 11.5 Å². The average Bonchev–Trinajstić information content (AvgIpc) is 3.16. The van der Waals surface area contributed by atoms with Crippen LogP contribution in [0.3, 0.4) is 0 Å². The number of carbonyl (C=O) groups excluding carboxylic acids is 1. The first-order valence-electron chi connectivity index (χ1n) is 11.0. The lowest BCUT2D eigenvalue weighted by atomic mass is 9.98. The van der Waals surface area contributed by atoms with Crippen molar-refractivity contribution in [1.82, 2.24) is 0 Å². The Bertz CT molecular complexity index is 1460. The van der Waals surface area contributed by atoms with Crippen LogP contribution in [0.4, 0.5) is 5.69 Å². The van der Waals surface area contributed by atoms with Crippen LogP contribution in [0.15, 0.2) is 88.6 Å². The molecule has 0 radical (unpaired) electrons. The van der Waals surface area contributed by atoms with Gasteiger partial charge in [0.2, 0.25) is 5.76 Å². The van der Waals surface area contributed by atoms with E-state index in [9.17, 15) is 9.59 Å². The smallest absolute Gasteiger partial charge is 0.295 e. The quantitative estimate of drug-likeness (QED) is 0.308. The molecule has 1 aliphatic heterocycles.